The third-order valence-corrected chi connectivity index (χ3v) is 6.32. The van der Waals surface area contributed by atoms with E-state index in [1.165, 1.54) is 17.3 Å². The fraction of sp³-hybridized carbons (Fsp3) is 0.238. The van der Waals surface area contributed by atoms with E-state index in [1.807, 2.05) is 41.8 Å². The van der Waals surface area contributed by atoms with Crippen molar-refractivity contribution in [2.24, 2.45) is 0 Å². The summed E-state index contributed by atoms with van der Waals surface area (Å²) in [6.07, 6.45) is 0. The van der Waals surface area contributed by atoms with E-state index in [4.69, 9.17) is 0 Å². The number of aromatic nitrogens is 4. The van der Waals surface area contributed by atoms with Crippen LogP contribution in [0.15, 0.2) is 47.6 Å². The third kappa shape index (κ3) is 4.33. The van der Waals surface area contributed by atoms with Crippen molar-refractivity contribution >= 4 is 44.9 Å². The van der Waals surface area contributed by atoms with Crippen LogP contribution in [0, 0.1) is 13.8 Å². The summed E-state index contributed by atoms with van der Waals surface area (Å²) in [5, 5.41) is 13.4. The highest BCUT2D eigenvalue weighted by molar-refractivity contribution is 7.99. The summed E-state index contributed by atoms with van der Waals surface area (Å²) < 4.78 is 3.11. The molecule has 8 heteroatoms. The first-order valence-electron chi connectivity index (χ1n) is 9.33. The van der Waals surface area contributed by atoms with Crippen molar-refractivity contribution in [2.75, 3.05) is 11.1 Å². The molecule has 0 spiro atoms. The number of thioether (sulfide) groups is 1. The second-order valence-electron chi connectivity index (χ2n) is 6.67. The van der Waals surface area contributed by atoms with Crippen LogP contribution in [-0.4, -0.2) is 31.4 Å². The average molecular weight is 424 g/mol. The van der Waals surface area contributed by atoms with Crippen LogP contribution in [0.3, 0.4) is 0 Å². The first-order valence-corrected chi connectivity index (χ1v) is 11.1. The summed E-state index contributed by atoms with van der Waals surface area (Å²) in [5.74, 6) is 1.02. The highest BCUT2D eigenvalue weighted by Crippen LogP contribution is 2.26. The van der Waals surface area contributed by atoms with Crippen LogP contribution in [0.1, 0.15) is 17.5 Å². The maximum Gasteiger partial charge on any atom is 0.234 e. The van der Waals surface area contributed by atoms with Gasteiger partial charge in [0.1, 0.15) is 0 Å². The van der Waals surface area contributed by atoms with Crippen LogP contribution in [0.5, 0.6) is 0 Å². The van der Waals surface area contributed by atoms with Crippen molar-refractivity contribution in [3.63, 3.8) is 0 Å². The summed E-state index contributed by atoms with van der Waals surface area (Å²) in [5.41, 5.74) is 3.95. The van der Waals surface area contributed by atoms with Crippen LogP contribution in [0.4, 0.5) is 5.69 Å². The number of benzene rings is 2. The van der Waals surface area contributed by atoms with E-state index >= 15 is 0 Å². The van der Waals surface area contributed by atoms with Crippen molar-refractivity contribution in [3.05, 3.63) is 53.0 Å². The van der Waals surface area contributed by atoms with E-state index in [0.29, 0.717) is 0 Å². The molecule has 0 fully saturated rings. The number of rotatable bonds is 6. The Morgan fingerprint density at radius 1 is 1.17 bits per heavy atom. The standard InChI is InChI=1S/C21H21N5OS2/c1-4-26-20(15-7-5-6-13(2)10-15)24-25-21(26)28-12-19(27)23-16-8-9-17-18(11-16)29-14(3)22-17/h5-11H,4,12H2,1-3H3,(H,23,27). The zero-order chi connectivity index (χ0) is 20.4. The Hall–Kier alpha value is -2.71. The molecule has 1 amide bonds. The Morgan fingerprint density at radius 2 is 2.03 bits per heavy atom. The molecule has 0 saturated carbocycles. The number of hydrogen-bond donors (Lipinski definition) is 1. The molecular formula is C21H21N5OS2. The number of thiazole rings is 1. The Morgan fingerprint density at radius 3 is 2.83 bits per heavy atom. The molecule has 4 aromatic rings. The highest BCUT2D eigenvalue weighted by atomic mass is 32.2. The minimum Gasteiger partial charge on any atom is -0.325 e. The number of fused-ring (bicyclic) bond motifs is 1. The quantitative estimate of drug-likeness (QED) is 0.446. The summed E-state index contributed by atoms with van der Waals surface area (Å²) in [7, 11) is 0. The largest absolute Gasteiger partial charge is 0.325 e. The Kier molecular flexibility index (Phi) is 5.64. The maximum atomic E-state index is 12.4. The van der Waals surface area contributed by atoms with Crippen LogP contribution < -0.4 is 5.32 Å². The minimum atomic E-state index is -0.0710. The number of amides is 1. The molecule has 0 unspecified atom stereocenters. The summed E-state index contributed by atoms with van der Waals surface area (Å²) in [6, 6.07) is 14.0. The van der Waals surface area contributed by atoms with Crippen LogP contribution in [0.25, 0.3) is 21.6 Å². The average Bonchev–Trinajstić information content (AvgIpc) is 3.28. The normalized spacial score (nSPS) is 11.1. The minimum absolute atomic E-state index is 0.0710. The maximum absolute atomic E-state index is 12.4. The number of anilines is 1. The van der Waals surface area contributed by atoms with Crippen molar-refractivity contribution in [1.29, 1.82) is 0 Å². The zero-order valence-electron chi connectivity index (χ0n) is 16.5. The number of hydrogen-bond acceptors (Lipinski definition) is 6. The molecule has 1 N–H and O–H groups in total. The SMILES string of the molecule is CCn1c(SCC(=O)Nc2ccc3nc(C)sc3c2)nnc1-c1cccc(C)c1. The van der Waals surface area contributed by atoms with Gasteiger partial charge in [-0.3, -0.25) is 4.79 Å². The van der Waals surface area contributed by atoms with Crippen molar-refractivity contribution in [3.8, 4) is 11.4 Å². The number of carbonyl (C=O) groups excluding carboxylic acids is 1. The molecule has 29 heavy (non-hydrogen) atoms. The fourth-order valence-electron chi connectivity index (χ4n) is 3.12. The first-order chi connectivity index (χ1) is 14.0. The second kappa shape index (κ2) is 8.34. The molecule has 0 aliphatic rings. The second-order valence-corrected chi connectivity index (χ2v) is 8.85. The van der Waals surface area contributed by atoms with Gasteiger partial charge in [-0.1, -0.05) is 35.5 Å². The van der Waals surface area contributed by atoms with Gasteiger partial charge in [-0.25, -0.2) is 4.98 Å². The molecule has 2 aromatic heterocycles. The van der Waals surface area contributed by atoms with Gasteiger partial charge < -0.3 is 9.88 Å². The van der Waals surface area contributed by atoms with E-state index in [1.54, 1.807) is 11.3 Å². The lowest BCUT2D eigenvalue weighted by molar-refractivity contribution is -0.113. The molecule has 4 rings (SSSR count). The van der Waals surface area contributed by atoms with Gasteiger partial charge in [0.25, 0.3) is 0 Å². The van der Waals surface area contributed by atoms with Crippen LogP contribution >= 0.6 is 23.1 Å². The molecule has 148 valence electrons. The number of aryl methyl sites for hydroxylation is 2. The van der Waals surface area contributed by atoms with Gasteiger partial charge in [0.05, 0.1) is 21.0 Å². The predicted octanol–water partition coefficient (Wildman–Crippen LogP) is 4.92. The summed E-state index contributed by atoms with van der Waals surface area (Å²) in [4.78, 5) is 16.9. The van der Waals surface area contributed by atoms with Gasteiger partial charge in [0.15, 0.2) is 11.0 Å². The lowest BCUT2D eigenvalue weighted by atomic mass is 10.1. The molecule has 2 aromatic carbocycles. The van der Waals surface area contributed by atoms with Gasteiger partial charge in [-0.05, 0) is 45.0 Å². The molecule has 0 radical (unpaired) electrons. The van der Waals surface area contributed by atoms with E-state index < -0.39 is 0 Å². The molecular weight excluding hydrogens is 402 g/mol. The molecule has 2 heterocycles. The smallest absolute Gasteiger partial charge is 0.234 e. The molecule has 0 aliphatic heterocycles. The first kappa shape index (κ1) is 19.6. The van der Waals surface area contributed by atoms with E-state index in [9.17, 15) is 4.79 Å². The predicted molar refractivity (Wildman–Crippen MR) is 120 cm³/mol. The van der Waals surface area contributed by atoms with Gasteiger partial charge in [0, 0.05) is 17.8 Å². The topological polar surface area (TPSA) is 72.7 Å². The molecule has 6 nitrogen and oxygen atoms in total. The van der Waals surface area contributed by atoms with Crippen molar-refractivity contribution in [2.45, 2.75) is 32.5 Å². The Bertz CT molecular complexity index is 1180. The van der Waals surface area contributed by atoms with Gasteiger partial charge in [-0.15, -0.1) is 21.5 Å². The van der Waals surface area contributed by atoms with E-state index in [-0.39, 0.29) is 11.7 Å². The molecule has 0 aliphatic carbocycles. The fourth-order valence-corrected chi connectivity index (χ4v) is 4.79. The van der Waals surface area contributed by atoms with E-state index in [0.717, 1.165) is 44.0 Å². The number of carbonyl (C=O) groups is 1. The van der Waals surface area contributed by atoms with E-state index in [2.05, 4.69) is 46.5 Å². The van der Waals surface area contributed by atoms with Crippen molar-refractivity contribution < 1.29 is 4.79 Å². The number of nitrogens with one attached hydrogen (secondary N) is 1. The lowest BCUT2D eigenvalue weighted by Crippen LogP contribution is -2.14. The van der Waals surface area contributed by atoms with Crippen molar-refractivity contribution in [1.82, 2.24) is 19.7 Å². The van der Waals surface area contributed by atoms with Crippen LogP contribution in [0.2, 0.25) is 0 Å². The zero-order valence-corrected chi connectivity index (χ0v) is 18.1. The molecule has 0 saturated heterocycles. The lowest BCUT2D eigenvalue weighted by Gasteiger charge is -2.08. The Labute approximate surface area is 177 Å². The molecule has 0 bridgehead atoms. The van der Waals surface area contributed by atoms with Crippen LogP contribution in [-0.2, 0) is 11.3 Å². The summed E-state index contributed by atoms with van der Waals surface area (Å²) in [6.45, 7) is 6.83. The summed E-state index contributed by atoms with van der Waals surface area (Å²) >= 11 is 3.01. The number of nitrogens with zero attached hydrogens (tertiary/aromatic N) is 4. The van der Waals surface area contributed by atoms with Gasteiger partial charge >= 0.3 is 0 Å². The highest BCUT2D eigenvalue weighted by Gasteiger charge is 2.15. The Balaban J connectivity index is 1.44. The third-order valence-electron chi connectivity index (χ3n) is 4.42. The van der Waals surface area contributed by atoms with Gasteiger partial charge in [-0.2, -0.15) is 0 Å². The monoisotopic (exact) mass is 423 g/mol. The van der Waals surface area contributed by atoms with Gasteiger partial charge in [0.2, 0.25) is 5.91 Å². The molecule has 0 atom stereocenters.